The van der Waals surface area contributed by atoms with Crippen LogP contribution >= 0.6 is 0 Å². The van der Waals surface area contributed by atoms with Crippen molar-refractivity contribution in [3.05, 3.63) is 52.8 Å². The van der Waals surface area contributed by atoms with Gasteiger partial charge in [0.1, 0.15) is 12.4 Å². The van der Waals surface area contributed by atoms with Gasteiger partial charge in [0.15, 0.2) is 0 Å². The van der Waals surface area contributed by atoms with E-state index in [1.54, 1.807) is 0 Å². The van der Waals surface area contributed by atoms with Crippen molar-refractivity contribution in [3.8, 4) is 5.75 Å². The first-order valence-electron chi connectivity index (χ1n) is 11.3. The second-order valence-electron chi connectivity index (χ2n) is 7.58. The third kappa shape index (κ3) is 4.85. The summed E-state index contributed by atoms with van der Waals surface area (Å²) in [6.07, 6.45) is 0. The predicted octanol–water partition coefficient (Wildman–Crippen LogP) is 4.22. The van der Waals surface area contributed by atoms with Crippen LogP contribution in [0.15, 0.2) is 47.3 Å². The van der Waals surface area contributed by atoms with Gasteiger partial charge in [0, 0.05) is 36.5 Å². The molecule has 3 aromatic rings. The maximum Gasteiger partial charge on any atom is 0.258 e. The molecule has 3 rings (SSSR count). The van der Waals surface area contributed by atoms with E-state index in [9.17, 15) is 4.79 Å². The molecule has 0 atom stereocenters. The van der Waals surface area contributed by atoms with Gasteiger partial charge in [-0.2, -0.15) is 0 Å². The molecule has 0 aliphatic carbocycles. The van der Waals surface area contributed by atoms with E-state index >= 15 is 0 Å². The second kappa shape index (κ2) is 10.6. The lowest BCUT2D eigenvalue weighted by molar-refractivity contribution is 0.223. The van der Waals surface area contributed by atoms with E-state index < -0.39 is 0 Å². The zero-order chi connectivity index (χ0) is 21.5. The van der Waals surface area contributed by atoms with E-state index in [0.29, 0.717) is 13.2 Å². The molecule has 0 saturated heterocycles. The average Bonchev–Trinajstić information content (AvgIpc) is 2.79. The Kier molecular flexibility index (Phi) is 7.88. The standard InChI is InChI=1S/C25H35N3O2/c1-5-26(6-2)15-16-28-24-19-20(30-18-17-27(7-3)8-4)13-14-22(24)21-11-9-10-12-23(21)25(28)29/h9-14,19H,5-8,15-18H2,1-4H3. The van der Waals surface area contributed by atoms with Gasteiger partial charge in [-0.1, -0.05) is 45.9 Å². The van der Waals surface area contributed by atoms with Crippen molar-refractivity contribution in [2.75, 3.05) is 45.9 Å². The Bertz CT molecular complexity index is 1020. The summed E-state index contributed by atoms with van der Waals surface area (Å²) in [5.74, 6) is 0.820. The zero-order valence-electron chi connectivity index (χ0n) is 18.9. The lowest BCUT2D eigenvalue weighted by Gasteiger charge is -2.21. The van der Waals surface area contributed by atoms with Gasteiger partial charge in [0.2, 0.25) is 0 Å². The Balaban J connectivity index is 1.99. The normalized spacial score (nSPS) is 11.8. The number of nitrogens with zero attached hydrogens (tertiary/aromatic N) is 3. The summed E-state index contributed by atoms with van der Waals surface area (Å²) in [6.45, 7) is 15.7. The van der Waals surface area contributed by atoms with Gasteiger partial charge in [0.25, 0.3) is 5.56 Å². The molecule has 0 aliphatic heterocycles. The molecule has 5 nitrogen and oxygen atoms in total. The van der Waals surface area contributed by atoms with Crippen LogP contribution in [-0.2, 0) is 6.54 Å². The quantitative estimate of drug-likeness (QED) is 0.445. The van der Waals surface area contributed by atoms with Crippen molar-refractivity contribution in [2.24, 2.45) is 0 Å². The van der Waals surface area contributed by atoms with E-state index in [0.717, 1.165) is 66.7 Å². The Morgan fingerprint density at radius 2 is 1.43 bits per heavy atom. The monoisotopic (exact) mass is 409 g/mol. The number of likely N-dealkylation sites (N-methyl/N-ethyl adjacent to an activating group) is 2. The first-order valence-corrected chi connectivity index (χ1v) is 11.3. The summed E-state index contributed by atoms with van der Waals surface area (Å²) in [5.41, 5.74) is 1.02. The number of ether oxygens (including phenoxy) is 1. The fourth-order valence-corrected chi connectivity index (χ4v) is 4.05. The molecule has 0 N–H and O–H groups in total. The largest absolute Gasteiger partial charge is 0.492 e. The molecule has 30 heavy (non-hydrogen) atoms. The molecular formula is C25H35N3O2. The maximum absolute atomic E-state index is 13.3. The van der Waals surface area contributed by atoms with Crippen molar-refractivity contribution >= 4 is 21.7 Å². The van der Waals surface area contributed by atoms with E-state index in [4.69, 9.17) is 4.74 Å². The van der Waals surface area contributed by atoms with Crippen LogP contribution < -0.4 is 10.3 Å². The Hall–Kier alpha value is -2.37. The summed E-state index contributed by atoms with van der Waals surface area (Å²) < 4.78 is 7.98. The second-order valence-corrected chi connectivity index (χ2v) is 7.58. The lowest BCUT2D eigenvalue weighted by Crippen LogP contribution is -2.31. The van der Waals surface area contributed by atoms with E-state index in [1.165, 1.54) is 0 Å². The summed E-state index contributed by atoms with van der Waals surface area (Å²) in [6, 6.07) is 14.1. The van der Waals surface area contributed by atoms with Gasteiger partial charge in [-0.25, -0.2) is 0 Å². The highest BCUT2D eigenvalue weighted by molar-refractivity contribution is 6.05. The van der Waals surface area contributed by atoms with Crippen molar-refractivity contribution in [2.45, 2.75) is 34.2 Å². The van der Waals surface area contributed by atoms with E-state index in [2.05, 4.69) is 43.6 Å². The first-order chi connectivity index (χ1) is 14.6. The number of hydrogen-bond acceptors (Lipinski definition) is 4. The molecule has 0 unspecified atom stereocenters. The Morgan fingerprint density at radius 3 is 2.10 bits per heavy atom. The van der Waals surface area contributed by atoms with Gasteiger partial charge in [-0.3, -0.25) is 4.79 Å². The van der Waals surface area contributed by atoms with Crippen molar-refractivity contribution in [1.29, 1.82) is 0 Å². The van der Waals surface area contributed by atoms with Crippen LogP contribution in [0.2, 0.25) is 0 Å². The first kappa shape index (κ1) is 22.3. The van der Waals surface area contributed by atoms with Crippen LogP contribution in [0.5, 0.6) is 5.75 Å². The summed E-state index contributed by atoms with van der Waals surface area (Å²) in [5, 5.41) is 2.88. The Labute approximate surface area is 179 Å². The molecule has 0 bridgehead atoms. The molecule has 1 aromatic heterocycles. The highest BCUT2D eigenvalue weighted by Gasteiger charge is 2.12. The number of fused-ring (bicyclic) bond motifs is 3. The van der Waals surface area contributed by atoms with Gasteiger partial charge >= 0.3 is 0 Å². The summed E-state index contributed by atoms with van der Waals surface area (Å²) in [4.78, 5) is 18.0. The third-order valence-electron chi connectivity index (χ3n) is 6.06. The van der Waals surface area contributed by atoms with Crippen LogP contribution in [0, 0.1) is 0 Å². The molecule has 0 amide bonds. The number of aromatic nitrogens is 1. The van der Waals surface area contributed by atoms with Crippen LogP contribution in [0.1, 0.15) is 27.7 Å². The molecular weight excluding hydrogens is 374 g/mol. The van der Waals surface area contributed by atoms with E-state index in [1.807, 2.05) is 41.0 Å². The highest BCUT2D eigenvalue weighted by atomic mass is 16.5. The number of pyridine rings is 1. The Morgan fingerprint density at radius 1 is 0.800 bits per heavy atom. The number of rotatable bonds is 11. The van der Waals surface area contributed by atoms with Crippen LogP contribution in [0.4, 0.5) is 0 Å². The highest BCUT2D eigenvalue weighted by Crippen LogP contribution is 2.26. The fraction of sp³-hybridized carbons (Fsp3) is 0.480. The molecule has 0 radical (unpaired) electrons. The van der Waals surface area contributed by atoms with Gasteiger partial charge in [0.05, 0.1) is 5.52 Å². The molecule has 5 heteroatoms. The summed E-state index contributed by atoms with van der Waals surface area (Å²) >= 11 is 0. The smallest absolute Gasteiger partial charge is 0.258 e. The topological polar surface area (TPSA) is 37.7 Å². The van der Waals surface area contributed by atoms with Gasteiger partial charge < -0.3 is 19.1 Å². The van der Waals surface area contributed by atoms with Crippen molar-refractivity contribution < 1.29 is 4.74 Å². The number of hydrogen-bond donors (Lipinski definition) is 0. The summed E-state index contributed by atoms with van der Waals surface area (Å²) in [7, 11) is 0. The molecule has 162 valence electrons. The average molecular weight is 410 g/mol. The van der Waals surface area contributed by atoms with Gasteiger partial charge in [-0.05, 0) is 49.8 Å². The minimum atomic E-state index is 0.0746. The van der Waals surface area contributed by atoms with Crippen molar-refractivity contribution in [3.63, 3.8) is 0 Å². The van der Waals surface area contributed by atoms with Crippen molar-refractivity contribution in [1.82, 2.24) is 14.4 Å². The van der Waals surface area contributed by atoms with Crippen LogP contribution in [0.25, 0.3) is 21.7 Å². The molecule has 0 spiro atoms. The molecule has 2 aromatic carbocycles. The number of benzene rings is 2. The van der Waals surface area contributed by atoms with E-state index in [-0.39, 0.29) is 5.56 Å². The zero-order valence-corrected chi connectivity index (χ0v) is 18.9. The van der Waals surface area contributed by atoms with Crippen LogP contribution in [-0.4, -0.2) is 60.2 Å². The maximum atomic E-state index is 13.3. The predicted molar refractivity (Wildman–Crippen MR) is 127 cm³/mol. The molecule has 0 saturated carbocycles. The SMILES string of the molecule is CCN(CC)CCOc1ccc2c3ccccc3c(=O)n(CCN(CC)CC)c2c1. The van der Waals surface area contributed by atoms with Crippen LogP contribution in [0.3, 0.4) is 0 Å². The lowest BCUT2D eigenvalue weighted by atomic mass is 10.1. The molecule has 1 heterocycles. The molecule has 0 aliphatic rings. The fourth-order valence-electron chi connectivity index (χ4n) is 4.05. The minimum Gasteiger partial charge on any atom is -0.492 e. The minimum absolute atomic E-state index is 0.0746. The third-order valence-corrected chi connectivity index (χ3v) is 6.06. The molecule has 0 fully saturated rings. The van der Waals surface area contributed by atoms with Gasteiger partial charge in [-0.15, -0.1) is 0 Å².